The summed E-state index contributed by atoms with van der Waals surface area (Å²) in [6.07, 6.45) is 0. The second-order valence-electron chi connectivity index (χ2n) is 7.01. The van der Waals surface area contributed by atoms with Crippen LogP contribution in [0.15, 0.2) is 23.2 Å². The number of carbonyl (C=O) groups is 2. The number of nitrogens with zero attached hydrogens (tertiary/aromatic N) is 3. The first-order valence-corrected chi connectivity index (χ1v) is 9.69. The van der Waals surface area contributed by atoms with Gasteiger partial charge in [0.1, 0.15) is 17.5 Å². The molecule has 2 aliphatic rings. The van der Waals surface area contributed by atoms with Gasteiger partial charge in [0.2, 0.25) is 11.9 Å². The van der Waals surface area contributed by atoms with Gasteiger partial charge in [0.15, 0.2) is 5.92 Å². The van der Waals surface area contributed by atoms with E-state index in [1.54, 1.807) is 32.2 Å². The lowest BCUT2D eigenvalue weighted by Gasteiger charge is -2.37. The van der Waals surface area contributed by atoms with Crippen molar-refractivity contribution in [3.63, 3.8) is 0 Å². The van der Waals surface area contributed by atoms with E-state index in [1.165, 1.54) is 7.11 Å². The van der Waals surface area contributed by atoms with Crippen molar-refractivity contribution >= 4 is 17.8 Å². The quantitative estimate of drug-likeness (QED) is 0.569. The number of guanidine groups is 1. The van der Waals surface area contributed by atoms with Crippen LogP contribution in [-0.4, -0.2) is 81.7 Å². The molecule has 2 atom stereocenters. The third-order valence-electron chi connectivity index (χ3n) is 5.20. The molecule has 2 aliphatic heterocycles. The molecular formula is C20H28N4O5. The number of likely N-dealkylation sites (N-methyl/N-ethyl adjacent to an activating group) is 1. The van der Waals surface area contributed by atoms with Crippen LogP contribution in [0.1, 0.15) is 18.5 Å². The summed E-state index contributed by atoms with van der Waals surface area (Å²) in [6, 6.07) is 4.50. The largest absolute Gasteiger partial charge is 0.497 e. The molecule has 29 heavy (non-hydrogen) atoms. The number of hydrogen-bond donors (Lipinski definition) is 1. The second kappa shape index (κ2) is 9.13. The highest BCUT2D eigenvalue weighted by Gasteiger charge is 2.43. The average molecular weight is 404 g/mol. The lowest BCUT2D eigenvalue weighted by atomic mass is 9.90. The van der Waals surface area contributed by atoms with Gasteiger partial charge in [-0.1, -0.05) is 0 Å². The number of carbonyl (C=O) groups excluding carboxylic acids is 2. The number of ether oxygens (including phenoxy) is 3. The van der Waals surface area contributed by atoms with Crippen molar-refractivity contribution in [2.24, 2.45) is 10.9 Å². The number of rotatable bonds is 5. The molecule has 0 bridgehead atoms. The summed E-state index contributed by atoms with van der Waals surface area (Å²) in [5.74, 6) is -0.522. The monoisotopic (exact) mass is 404 g/mol. The molecule has 1 amide bonds. The van der Waals surface area contributed by atoms with Crippen molar-refractivity contribution in [3.05, 3.63) is 23.8 Å². The number of nitrogens with one attached hydrogen (secondary N) is 1. The van der Waals surface area contributed by atoms with Crippen LogP contribution in [0.2, 0.25) is 0 Å². The molecule has 158 valence electrons. The van der Waals surface area contributed by atoms with Gasteiger partial charge in [0.05, 0.1) is 20.8 Å². The Hall–Kier alpha value is -2.81. The van der Waals surface area contributed by atoms with Gasteiger partial charge in [0.25, 0.3) is 0 Å². The predicted octanol–water partition coefficient (Wildman–Crippen LogP) is 0.657. The fourth-order valence-corrected chi connectivity index (χ4v) is 3.53. The Balaban J connectivity index is 2.02. The second-order valence-corrected chi connectivity index (χ2v) is 7.01. The van der Waals surface area contributed by atoms with Crippen molar-refractivity contribution in [2.45, 2.75) is 13.0 Å². The summed E-state index contributed by atoms with van der Waals surface area (Å²) in [6.45, 7) is 5.11. The molecule has 0 aliphatic carbocycles. The van der Waals surface area contributed by atoms with E-state index < -0.39 is 23.8 Å². The maximum absolute atomic E-state index is 12.9. The maximum Gasteiger partial charge on any atom is 0.321 e. The zero-order valence-corrected chi connectivity index (χ0v) is 17.3. The normalized spacial score (nSPS) is 22.6. The molecule has 0 saturated carbocycles. The molecule has 1 N–H and O–H groups in total. The molecule has 9 heteroatoms. The van der Waals surface area contributed by atoms with Gasteiger partial charge in [0, 0.05) is 37.8 Å². The molecule has 9 nitrogen and oxygen atoms in total. The highest BCUT2D eigenvalue weighted by molar-refractivity contribution is 6.08. The fourth-order valence-electron chi connectivity index (χ4n) is 3.53. The van der Waals surface area contributed by atoms with Crippen LogP contribution in [-0.2, 0) is 14.3 Å². The van der Waals surface area contributed by atoms with Crippen LogP contribution < -0.4 is 14.8 Å². The Morgan fingerprint density at radius 1 is 1.21 bits per heavy atom. The molecule has 1 aromatic carbocycles. The fraction of sp³-hybridized carbons (Fsp3) is 0.550. The van der Waals surface area contributed by atoms with Crippen LogP contribution in [0.3, 0.4) is 0 Å². The standard InChI is InChI=1S/C20H28N4O5/c1-5-29-19(26)16-17(14-7-6-13(27-3)12-15(14)28-4)21-20(22-18(16)25)24-10-8-23(2)9-11-24/h6-7,12,16-17H,5,8-11H2,1-4H3,(H,21,22,25)/t16-,17+/m0/s1. The van der Waals surface area contributed by atoms with Crippen molar-refractivity contribution in [1.82, 2.24) is 15.1 Å². The molecule has 0 unspecified atom stereocenters. The summed E-state index contributed by atoms with van der Waals surface area (Å²) < 4.78 is 15.9. The summed E-state index contributed by atoms with van der Waals surface area (Å²) in [7, 11) is 5.15. The van der Waals surface area contributed by atoms with Gasteiger partial charge in [-0.25, -0.2) is 4.99 Å². The van der Waals surface area contributed by atoms with Crippen molar-refractivity contribution < 1.29 is 23.8 Å². The molecule has 1 saturated heterocycles. The predicted molar refractivity (Wildman–Crippen MR) is 107 cm³/mol. The highest BCUT2D eigenvalue weighted by Crippen LogP contribution is 2.38. The summed E-state index contributed by atoms with van der Waals surface area (Å²) in [5.41, 5.74) is 0.632. The Morgan fingerprint density at radius 3 is 2.55 bits per heavy atom. The molecule has 1 fully saturated rings. The van der Waals surface area contributed by atoms with E-state index in [2.05, 4.69) is 17.3 Å². The van der Waals surface area contributed by atoms with E-state index in [9.17, 15) is 9.59 Å². The molecular weight excluding hydrogens is 376 g/mol. The first kappa shape index (κ1) is 20.9. The number of esters is 1. The number of aliphatic imine (C=N–C) groups is 1. The third kappa shape index (κ3) is 4.45. The van der Waals surface area contributed by atoms with Gasteiger partial charge >= 0.3 is 5.97 Å². The lowest BCUT2D eigenvalue weighted by molar-refractivity contribution is -0.153. The summed E-state index contributed by atoms with van der Waals surface area (Å²) in [5, 5.41) is 2.80. The molecule has 3 rings (SSSR count). The third-order valence-corrected chi connectivity index (χ3v) is 5.20. The Labute approximate surface area is 170 Å². The summed E-state index contributed by atoms with van der Waals surface area (Å²) >= 11 is 0. The van der Waals surface area contributed by atoms with E-state index in [4.69, 9.17) is 19.2 Å². The van der Waals surface area contributed by atoms with E-state index in [0.29, 0.717) is 23.0 Å². The number of amides is 1. The Bertz CT molecular complexity index is 789. The number of methoxy groups -OCH3 is 2. The van der Waals surface area contributed by atoms with Crippen LogP contribution in [0.25, 0.3) is 0 Å². The molecule has 0 spiro atoms. The first-order valence-electron chi connectivity index (χ1n) is 9.69. The number of benzene rings is 1. The van der Waals surface area contributed by atoms with Gasteiger partial charge in [-0.3, -0.25) is 14.9 Å². The molecule has 0 radical (unpaired) electrons. The van der Waals surface area contributed by atoms with E-state index in [0.717, 1.165) is 26.2 Å². The Kier molecular flexibility index (Phi) is 6.58. The highest BCUT2D eigenvalue weighted by atomic mass is 16.5. The van der Waals surface area contributed by atoms with Gasteiger partial charge in [-0.15, -0.1) is 0 Å². The molecule has 2 heterocycles. The van der Waals surface area contributed by atoms with Gasteiger partial charge in [-0.2, -0.15) is 0 Å². The minimum Gasteiger partial charge on any atom is -0.497 e. The van der Waals surface area contributed by atoms with Crippen LogP contribution in [0, 0.1) is 5.92 Å². The topological polar surface area (TPSA) is 92.7 Å². The van der Waals surface area contributed by atoms with Crippen molar-refractivity contribution in [1.29, 1.82) is 0 Å². The van der Waals surface area contributed by atoms with Gasteiger partial charge < -0.3 is 24.0 Å². The minimum atomic E-state index is -1.09. The average Bonchev–Trinajstić information content (AvgIpc) is 2.73. The van der Waals surface area contributed by atoms with E-state index in [-0.39, 0.29) is 6.61 Å². The van der Waals surface area contributed by atoms with Crippen molar-refractivity contribution in [2.75, 3.05) is 54.1 Å². The Morgan fingerprint density at radius 2 is 1.93 bits per heavy atom. The van der Waals surface area contributed by atoms with E-state index in [1.807, 2.05) is 4.90 Å². The molecule has 1 aromatic rings. The van der Waals surface area contributed by atoms with Crippen LogP contribution in [0.4, 0.5) is 0 Å². The minimum absolute atomic E-state index is 0.185. The van der Waals surface area contributed by atoms with E-state index >= 15 is 0 Å². The van der Waals surface area contributed by atoms with Crippen LogP contribution >= 0.6 is 0 Å². The van der Waals surface area contributed by atoms with Gasteiger partial charge in [-0.05, 0) is 26.1 Å². The first-order chi connectivity index (χ1) is 14.0. The molecule has 0 aromatic heterocycles. The maximum atomic E-state index is 12.9. The summed E-state index contributed by atoms with van der Waals surface area (Å²) in [4.78, 5) is 34.6. The zero-order chi connectivity index (χ0) is 21.0. The van der Waals surface area contributed by atoms with Crippen molar-refractivity contribution in [3.8, 4) is 11.5 Å². The lowest BCUT2D eigenvalue weighted by Crippen LogP contribution is -2.56. The number of piperazine rings is 1. The van der Waals surface area contributed by atoms with Crippen LogP contribution in [0.5, 0.6) is 11.5 Å². The zero-order valence-electron chi connectivity index (χ0n) is 17.3. The number of hydrogen-bond acceptors (Lipinski definition) is 8. The smallest absolute Gasteiger partial charge is 0.321 e. The SMILES string of the molecule is CCOC(=O)[C@@H]1C(=O)NC(N2CCN(C)CC2)=N[C@@H]1c1ccc(OC)cc1OC.